The SMILES string of the molecule is CC(C)CC(Nc1nnc(C(F)F)s1)C(=O)O. The Morgan fingerprint density at radius 2 is 2.12 bits per heavy atom. The highest BCUT2D eigenvalue weighted by Gasteiger charge is 2.21. The summed E-state index contributed by atoms with van der Waals surface area (Å²) in [7, 11) is 0. The van der Waals surface area contributed by atoms with Gasteiger partial charge in [-0.05, 0) is 12.3 Å². The van der Waals surface area contributed by atoms with Crippen molar-refractivity contribution in [2.75, 3.05) is 5.32 Å². The first-order valence-electron chi connectivity index (χ1n) is 5.01. The maximum absolute atomic E-state index is 12.3. The van der Waals surface area contributed by atoms with Crippen LogP contribution in [0, 0.1) is 5.92 Å². The summed E-state index contributed by atoms with van der Waals surface area (Å²) in [4.78, 5) is 10.9. The molecule has 17 heavy (non-hydrogen) atoms. The van der Waals surface area contributed by atoms with Crippen molar-refractivity contribution in [2.24, 2.45) is 5.92 Å². The zero-order valence-corrected chi connectivity index (χ0v) is 10.2. The van der Waals surface area contributed by atoms with Crippen LogP contribution < -0.4 is 5.32 Å². The van der Waals surface area contributed by atoms with Crippen LogP contribution in [0.4, 0.5) is 13.9 Å². The molecule has 0 bridgehead atoms. The third-order valence-electron chi connectivity index (χ3n) is 1.93. The van der Waals surface area contributed by atoms with Gasteiger partial charge in [-0.3, -0.25) is 0 Å². The maximum Gasteiger partial charge on any atom is 0.326 e. The summed E-state index contributed by atoms with van der Waals surface area (Å²) < 4.78 is 24.5. The van der Waals surface area contributed by atoms with Crippen molar-refractivity contribution in [3.8, 4) is 0 Å². The topological polar surface area (TPSA) is 75.1 Å². The van der Waals surface area contributed by atoms with Gasteiger partial charge in [-0.1, -0.05) is 25.2 Å². The lowest BCUT2D eigenvalue weighted by Gasteiger charge is -2.14. The van der Waals surface area contributed by atoms with E-state index in [1.54, 1.807) is 0 Å². The van der Waals surface area contributed by atoms with Crippen LogP contribution in [0.15, 0.2) is 0 Å². The molecule has 0 aliphatic heterocycles. The van der Waals surface area contributed by atoms with E-state index in [4.69, 9.17) is 5.11 Å². The van der Waals surface area contributed by atoms with E-state index >= 15 is 0 Å². The number of rotatable bonds is 6. The highest BCUT2D eigenvalue weighted by molar-refractivity contribution is 7.15. The first-order chi connectivity index (χ1) is 7.90. The van der Waals surface area contributed by atoms with E-state index in [9.17, 15) is 13.6 Å². The summed E-state index contributed by atoms with van der Waals surface area (Å²) in [6, 6.07) is -0.839. The quantitative estimate of drug-likeness (QED) is 0.826. The predicted octanol–water partition coefficient (Wildman–Crippen LogP) is 2.39. The number of anilines is 1. The number of halogens is 2. The number of carbonyl (C=O) groups is 1. The van der Waals surface area contributed by atoms with Gasteiger partial charge >= 0.3 is 5.97 Å². The zero-order chi connectivity index (χ0) is 13.0. The van der Waals surface area contributed by atoms with E-state index in [1.807, 2.05) is 13.8 Å². The largest absolute Gasteiger partial charge is 0.480 e. The second kappa shape index (κ2) is 5.85. The standard InChI is InChI=1S/C9H13F2N3O2S/c1-4(2)3-5(8(15)16)12-9-14-13-7(17-9)6(10)11/h4-6H,3H2,1-2H3,(H,12,14)(H,15,16). The molecule has 0 saturated carbocycles. The molecule has 5 nitrogen and oxygen atoms in total. The molecule has 0 radical (unpaired) electrons. The highest BCUT2D eigenvalue weighted by atomic mass is 32.1. The molecule has 1 aromatic heterocycles. The molecule has 0 spiro atoms. The van der Waals surface area contributed by atoms with Crippen LogP contribution >= 0.6 is 11.3 Å². The van der Waals surface area contributed by atoms with Gasteiger partial charge in [0.15, 0.2) is 5.01 Å². The van der Waals surface area contributed by atoms with Crippen LogP contribution in [0.25, 0.3) is 0 Å². The van der Waals surface area contributed by atoms with Crippen molar-refractivity contribution < 1.29 is 18.7 Å². The number of carboxylic acid groups (broad SMARTS) is 1. The fourth-order valence-corrected chi connectivity index (χ4v) is 1.87. The zero-order valence-electron chi connectivity index (χ0n) is 9.35. The van der Waals surface area contributed by atoms with E-state index in [0.717, 1.165) is 0 Å². The van der Waals surface area contributed by atoms with Gasteiger partial charge in [-0.25, -0.2) is 13.6 Å². The number of hydrogen-bond acceptors (Lipinski definition) is 5. The van der Waals surface area contributed by atoms with Crippen molar-refractivity contribution in [3.63, 3.8) is 0 Å². The van der Waals surface area contributed by atoms with Gasteiger partial charge in [0.2, 0.25) is 5.13 Å². The average Bonchev–Trinajstić information content (AvgIpc) is 2.64. The summed E-state index contributed by atoms with van der Waals surface area (Å²) in [5, 5.41) is 18.0. The minimum atomic E-state index is -2.68. The molecule has 0 aliphatic carbocycles. The molecule has 0 aromatic carbocycles. The van der Waals surface area contributed by atoms with E-state index in [0.29, 0.717) is 17.8 Å². The molecule has 96 valence electrons. The van der Waals surface area contributed by atoms with Crippen molar-refractivity contribution in [1.82, 2.24) is 10.2 Å². The van der Waals surface area contributed by atoms with Crippen molar-refractivity contribution in [1.29, 1.82) is 0 Å². The van der Waals surface area contributed by atoms with Gasteiger partial charge in [0, 0.05) is 0 Å². The Balaban J connectivity index is 2.68. The number of nitrogens with zero attached hydrogens (tertiary/aromatic N) is 2. The van der Waals surface area contributed by atoms with Gasteiger partial charge in [-0.2, -0.15) is 0 Å². The van der Waals surface area contributed by atoms with Gasteiger partial charge in [0.25, 0.3) is 6.43 Å². The van der Waals surface area contributed by atoms with Crippen molar-refractivity contribution in [3.05, 3.63) is 5.01 Å². The maximum atomic E-state index is 12.3. The van der Waals surface area contributed by atoms with Gasteiger partial charge in [0.1, 0.15) is 6.04 Å². The number of aromatic nitrogens is 2. The lowest BCUT2D eigenvalue weighted by atomic mass is 10.0. The van der Waals surface area contributed by atoms with Crippen LogP contribution in [-0.2, 0) is 4.79 Å². The molecule has 8 heteroatoms. The molecule has 1 aromatic rings. The number of nitrogens with one attached hydrogen (secondary N) is 1. The molecule has 0 amide bonds. The Hall–Kier alpha value is -1.31. The fourth-order valence-electron chi connectivity index (χ4n) is 1.22. The second-order valence-corrected chi connectivity index (χ2v) is 4.92. The summed E-state index contributed by atoms with van der Waals surface area (Å²) in [5.74, 6) is -0.862. The second-order valence-electron chi connectivity index (χ2n) is 3.91. The summed E-state index contributed by atoms with van der Waals surface area (Å²) in [5.41, 5.74) is 0. The predicted molar refractivity (Wildman–Crippen MR) is 59.4 cm³/mol. The molecule has 0 aliphatic rings. The molecule has 1 unspecified atom stereocenters. The van der Waals surface area contributed by atoms with E-state index < -0.39 is 23.4 Å². The van der Waals surface area contributed by atoms with E-state index in [2.05, 4.69) is 15.5 Å². The molecule has 0 saturated heterocycles. The van der Waals surface area contributed by atoms with Crippen LogP contribution in [-0.4, -0.2) is 27.3 Å². The van der Waals surface area contributed by atoms with Crippen LogP contribution in [0.2, 0.25) is 0 Å². The smallest absolute Gasteiger partial charge is 0.326 e. The van der Waals surface area contributed by atoms with Crippen LogP contribution in [0.3, 0.4) is 0 Å². The van der Waals surface area contributed by atoms with Gasteiger partial charge < -0.3 is 10.4 Å². The Bertz CT molecular complexity index is 384. The number of alkyl halides is 2. The summed E-state index contributed by atoms with van der Waals surface area (Å²) >= 11 is 0.667. The molecular formula is C9H13F2N3O2S. The number of carboxylic acids is 1. The van der Waals surface area contributed by atoms with Crippen LogP contribution in [0.1, 0.15) is 31.7 Å². The Kier molecular flexibility index (Phi) is 4.73. The monoisotopic (exact) mass is 265 g/mol. The summed E-state index contributed by atoms with van der Waals surface area (Å²) in [6.45, 7) is 3.75. The van der Waals surface area contributed by atoms with Gasteiger partial charge in [0.05, 0.1) is 0 Å². The Labute approximate surface area is 101 Å². The lowest BCUT2D eigenvalue weighted by molar-refractivity contribution is -0.138. The van der Waals surface area contributed by atoms with E-state index in [-0.39, 0.29) is 11.0 Å². The van der Waals surface area contributed by atoms with Gasteiger partial charge in [-0.15, -0.1) is 10.2 Å². The van der Waals surface area contributed by atoms with Crippen molar-refractivity contribution >= 4 is 22.4 Å². The highest BCUT2D eigenvalue weighted by Crippen LogP contribution is 2.26. The fraction of sp³-hybridized carbons (Fsp3) is 0.667. The van der Waals surface area contributed by atoms with Crippen molar-refractivity contribution in [2.45, 2.75) is 32.7 Å². The lowest BCUT2D eigenvalue weighted by Crippen LogP contribution is -2.30. The minimum Gasteiger partial charge on any atom is -0.480 e. The average molecular weight is 265 g/mol. The number of aliphatic carboxylic acids is 1. The Morgan fingerprint density at radius 3 is 2.53 bits per heavy atom. The molecule has 1 heterocycles. The van der Waals surface area contributed by atoms with Crippen LogP contribution in [0.5, 0.6) is 0 Å². The molecule has 1 atom stereocenters. The molecule has 2 N–H and O–H groups in total. The van der Waals surface area contributed by atoms with E-state index in [1.165, 1.54) is 0 Å². The first kappa shape index (κ1) is 13.8. The number of hydrogen-bond donors (Lipinski definition) is 2. The molecule has 0 fully saturated rings. The molecular weight excluding hydrogens is 252 g/mol. The minimum absolute atomic E-state index is 0.105. The summed E-state index contributed by atoms with van der Waals surface area (Å²) in [6.07, 6.45) is -2.30. The third kappa shape index (κ3) is 4.22. The Morgan fingerprint density at radius 1 is 1.47 bits per heavy atom. The molecule has 1 rings (SSSR count). The third-order valence-corrected chi connectivity index (χ3v) is 2.79. The normalized spacial score (nSPS) is 13.1. The first-order valence-corrected chi connectivity index (χ1v) is 5.82.